The first-order valence-corrected chi connectivity index (χ1v) is 7.06. The van der Waals surface area contributed by atoms with Gasteiger partial charge in [0, 0.05) is 17.9 Å². The molecule has 1 aromatic carbocycles. The quantitative estimate of drug-likeness (QED) is 0.830. The fourth-order valence-electron chi connectivity index (χ4n) is 1.63. The highest BCUT2D eigenvalue weighted by Gasteiger charge is 2.01. The van der Waals surface area contributed by atoms with E-state index < -0.39 is 5.97 Å². The molecule has 1 heterocycles. The van der Waals surface area contributed by atoms with Gasteiger partial charge in [-0.05, 0) is 30.7 Å². The van der Waals surface area contributed by atoms with Gasteiger partial charge in [0.15, 0.2) is 0 Å². The summed E-state index contributed by atoms with van der Waals surface area (Å²) in [6.07, 6.45) is 3.28. The number of carboxylic acids is 1. The molecule has 0 bridgehead atoms. The van der Waals surface area contributed by atoms with E-state index >= 15 is 0 Å². The second kappa shape index (κ2) is 6.86. The number of thiazole rings is 1. The Kier molecular flexibility index (Phi) is 4.90. The highest BCUT2D eigenvalue weighted by molar-refractivity contribution is 7.09. The largest absolute Gasteiger partial charge is 0.493 e. The zero-order chi connectivity index (χ0) is 14.4. The lowest BCUT2D eigenvalue weighted by molar-refractivity contribution is -0.131. The number of ether oxygens (including phenoxy) is 1. The van der Waals surface area contributed by atoms with Crippen LogP contribution in [0, 0.1) is 6.92 Å². The summed E-state index contributed by atoms with van der Waals surface area (Å²) in [5, 5.41) is 11.3. The summed E-state index contributed by atoms with van der Waals surface area (Å²) in [4.78, 5) is 14.7. The average molecular weight is 289 g/mol. The van der Waals surface area contributed by atoms with Gasteiger partial charge in [-0.3, -0.25) is 0 Å². The minimum atomic E-state index is -0.970. The van der Waals surface area contributed by atoms with Gasteiger partial charge in [0.05, 0.1) is 17.3 Å². The Hall–Kier alpha value is -2.14. The molecule has 0 aliphatic rings. The van der Waals surface area contributed by atoms with Gasteiger partial charge in [0.1, 0.15) is 5.75 Å². The Balaban J connectivity index is 1.84. The maximum absolute atomic E-state index is 10.4. The number of aryl methyl sites for hydroxylation is 1. The van der Waals surface area contributed by atoms with Gasteiger partial charge >= 0.3 is 5.97 Å². The number of aromatic nitrogens is 1. The third-order valence-electron chi connectivity index (χ3n) is 2.54. The Morgan fingerprint density at radius 2 is 2.35 bits per heavy atom. The monoisotopic (exact) mass is 289 g/mol. The predicted molar refractivity (Wildman–Crippen MR) is 79.2 cm³/mol. The minimum Gasteiger partial charge on any atom is -0.493 e. The fraction of sp³-hybridized carbons (Fsp3) is 0.200. The van der Waals surface area contributed by atoms with Crippen LogP contribution < -0.4 is 4.74 Å². The average Bonchev–Trinajstić information content (AvgIpc) is 2.84. The molecule has 0 aliphatic heterocycles. The van der Waals surface area contributed by atoms with Crippen molar-refractivity contribution in [2.75, 3.05) is 6.61 Å². The van der Waals surface area contributed by atoms with E-state index in [0.29, 0.717) is 18.7 Å². The number of aliphatic carboxylic acids is 1. The molecule has 0 radical (unpaired) electrons. The fourth-order valence-corrected chi connectivity index (χ4v) is 2.38. The third kappa shape index (κ3) is 4.51. The Morgan fingerprint density at radius 3 is 3.10 bits per heavy atom. The van der Waals surface area contributed by atoms with Crippen LogP contribution >= 0.6 is 11.3 Å². The van der Waals surface area contributed by atoms with E-state index in [1.165, 1.54) is 17.4 Å². The molecule has 1 N–H and O–H groups in total. The number of nitrogens with zero attached hydrogens (tertiary/aromatic N) is 1. The molecule has 0 spiro atoms. The molecule has 0 aliphatic carbocycles. The van der Waals surface area contributed by atoms with Gasteiger partial charge in [0.25, 0.3) is 0 Å². The van der Waals surface area contributed by atoms with E-state index in [0.717, 1.165) is 22.4 Å². The Morgan fingerprint density at radius 1 is 1.50 bits per heavy atom. The molecule has 1 aromatic heterocycles. The normalized spacial score (nSPS) is 10.8. The van der Waals surface area contributed by atoms with E-state index in [1.54, 1.807) is 0 Å². The molecular formula is C15H15NO3S. The summed E-state index contributed by atoms with van der Waals surface area (Å²) in [6.45, 7) is 2.58. The second-order valence-electron chi connectivity index (χ2n) is 4.25. The molecule has 0 amide bonds. The first-order chi connectivity index (χ1) is 9.63. The van der Waals surface area contributed by atoms with Gasteiger partial charge in [-0.2, -0.15) is 0 Å². The second-order valence-corrected chi connectivity index (χ2v) is 5.20. The first kappa shape index (κ1) is 14.3. The van der Waals surface area contributed by atoms with E-state index in [2.05, 4.69) is 4.98 Å². The van der Waals surface area contributed by atoms with E-state index in [-0.39, 0.29) is 0 Å². The maximum Gasteiger partial charge on any atom is 0.328 e. The number of hydrogen-bond donors (Lipinski definition) is 1. The summed E-state index contributed by atoms with van der Waals surface area (Å²) in [6, 6.07) is 7.90. The minimum absolute atomic E-state index is 0.555. The number of hydrogen-bond acceptors (Lipinski definition) is 4. The van der Waals surface area contributed by atoms with Crippen molar-refractivity contribution in [3.05, 3.63) is 52.0 Å². The summed E-state index contributed by atoms with van der Waals surface area (Å²) >= 11 is 1.50. The van der Waals surface area contributed by atoms with Crippen LogP contribution in [0.25, 0.3) is 6.08 Å². The van der Waals surface area contributed by atoms with Gasteiger partial charge in [-0.1, -0.05) is 12.1 Å². The van der Waals surface area contributed by atoms with E-state index in [4.69, 9.17) is 9.84 Å². The van der Waals surface area contributed by atoms with E-state index in [9.17, 15) is 4.79 Å². The molecule has 2 aromatic rings. The molecule has 0 unspecified atom stereocenters. The van der Waals surface area contributed by atoms with Gasteiger partial charge in [0.2, 0.25) is 0 Å². The molecule has 2 rings (SSSR count). The van der Waals surface area contributed by atoms with Crippen LogP contribution in [-0.4, -0.2) is 22.7 Å². The predicted octanol–water partition coefficient (Wildman–Crippen LogP) is 3.17. The number of carboxylic acid groups (broad SMARTS) is 1. The Labute approximate surface area is 121 Å². The Bertz CT molecular complexity index is 619. The molecular weight excluding hydrogens is 274 g/mol. The standard InChI is InChI=1S/C15H15NO3S/c1-11-3-2-4-13(9-11)19-8-7-14-16-12(10-20-14)5-6-15(17)18/h2-6,9-10H,7-8H2,1H3,(H,17,18)/b6-5+. The van der Waals surface area contributed by atoms with Crippen molar-refractivity contribution in [3.8, 4) is 5.75 Å². The lowest BCUT2D eigenvalue weighted by Crippen LogP contribution is -2.01. The number of benzene rings is 1. The highest BCUT2D eigenvalue weighted by atomic mass is 32.1. The van der Waals surface area contributed by atoms with Crippen molar-refractivity contribution in [1.29, 1.82) is 0 Å². The highest BCUT2D eigenvalue weighted by Crippen LogP contribution is 2.15. The smallest absolute Gasteiger partial charge is 0.328 e. The molecule has 20 heavy (non-hydrogen) atoms. The van der Waals surface area contributed by atoms with Crippen molar-refractivity contribution >= 4 is 23.4 Å². The third-order valence-corrected chi connectivity index (χ3v) is 3.47. The van der Waals surface area contributed by atoms with Crippen LogP contribution in [0.4, 0.5) is 0 Å². The molecule has 4 nitrogen and oxygen atoms in total. The van der Waals surface area contributed by atoms with Crippen molar-refractivity contribution in [2.45, 2.75) is 13.3 Å². The first-order valence-electron chi connectivity index (χ1n) is 6.18. The summed E-state index contributed by atoms with van der Waals surface area (Å²) in [5.41, 5.74) is 1.83. The van der Waals surface area contributed by atoms with Crippen molar-refractivity contribution < 1.29 is 14.6 Å². The molecule has 0 saturated carbocycles. The maximum atomic E-state index is 10.4. The molecule has 5 heteroatoms. The zero-order valence-corrected chi connectivity index (χ0v) is 11.9. The summed E-state index contributed by atoms with van der Waals surface area (Å²) in [7, 11) is 0. The van der Waals surface area contributed by atoms with E-state index in [1.807, 2.05) is 36.6 Å². The van der Waals surface area contributed by atoms with Crippen LogP contribution in [0.15, 0.2) is 35.7 Å². The number of carbonyl (C=O) groups is 1. The van der Waals surface area contributed by atoms with Crippen LogP contribution in [0.3, 0.4) is 0 Å². The van der Waals surface area contributed by atoms with Crippen LogP contribution in [0.5, 0.6) is 5.75 Å². The van der Waals surface area contributed by atoms with Crippen molar-refractivity contribution in [1.82, 2.24) is 4.98 Å². The lowest BCUT2D eigenvalue weighted by Gasteiger charge is -2.05. The van der Waals surface area contributed by atoms with Crippen LogP contribution in [-0.2, 0) is 11.2 Å². The van der Waals surface area contributed by atoms with Gasteiger partial charge in [-0.25, -0.2) is 9.78 Å². The van der Waals surface area contributed by atoms with Gasteiger partial charge < -0.3 is 9.84 Å². The molecule has 0 saturated heterocycles. The number of rotatable bonds is 6. The summed E-state index contributed by atoms with van der Waals surface area (Å²) in [5.74, 6) is -0.116. The molecule has 0 atom stereocenters. The van der Waals surface area contributed by atoms with Gasteiger partial charge in [-0.15, -0.1) is 11.3 Å². The summed E-state index contributed by atoms with van der Waals surface area (Å²) < 4.78 is 5.65. The molecule has 104 valence electrons. The van der Waals surface area contributed by atoms with Crippen LogP contribution in [0.2, 0.25) is 0 Å². The molecule has 0 fully saturated rings. The zero-order valence-electron chi connectivity index (χ0n) is 11.1. The lowest BCUT2D eigenvalue weighted by atomic mass is 10.2. The van der Waals surface area contributed by atoms with Crippen molar-refractivity contribution in [2.24, 2.45) is 0 Å². The van der Waals surface area contributed by atoms with Crippen molar-refractivity contribution in [3.63, 3.8) is 0 Å². The topological polar surface area (TPSA) is 59.4 Å². The van der Waals surface area contributed by atoms with Crippen LogP contribution in [0.1, 0.15) is 16.3 Å². The SMILES string of the molecule is Cc1cccc(OCCc2nc(/C=C/C(=O)O)cs2)c1.